The lowest BCUT2D eigenvalue weighted by Gasteiger charge is -2.07. The molecule has 7 aromatic rings. The fourth-order valence-corrected chi connectivity index (χ4v) is 7.28. The van der Waals surface area contributed by atoms with Crippen LogP contribution in [0.1, 0.15) is 56.8 Å². The lowest BCUT2D eigenvalue weighted by molar-refractivity contribution is -0.138. The van der Waals surface area contributed by atoms with Crippen LogP contribution in [0.25, 0.3) is 43.6 Å². The minimum absolute atomic E-state index is 0.189. The van der Waals surface area contributed by atoms with Gasteiger partial charge in [-0.1, -0.05) is 73.0 Å². The van der Waals surface area contributed by atoms with E-state index in [0.717, 1.165) is 55.8 Å². The Kier molecular flexibility index (Phi) is 10.7. The van der Waals surface area contributed by atoms with Gasteiger partial charge in [-0.3, -0.25) is 9.59 Å². The molecule has 0 aliphatic heterocycles. The molecule has 0 radical (unpaired) electrons. The van der Waals surface area contributed by atoms with Gasteiger partial charge in [0, 0.05) is 102 Å². The largest absolute Gasteiger partial charge is 0.358 e. The van der Waals surface area contributed by atoms with Crippen molar-refractivity contribution in [2.24, 2.45) is 10.3 Å². The molecule has 0 aliphatic rings. The molecule has 2 heterocycles. The first-order valence-corrected chi connectivity index (χ1v) is 18.5. The molecule has 0 amide bonds. The Balaban J connectivity index is 1.19. The molecule has 10 nitrogen and oxygen atoms in total. The average Bonchev–Trinajstić information content (AvgIpc) is 3.76. The number of aryl methyl sites for hydroxylation is 2. The van der Waals surface area contributed by atoms with Gasteiger partial charge in [-0.25, -0.2) is 9.59 Å². The molecule has 0 unspecified atom stereocenters. The fraction of sp³-hybridized carbons (Fsp3) is 0.0833. The first-order valence-electron chi connectivity index (χ1n) is 18.5. The highest BCUT2D eigenvalue weighted by atomic mass is 16.7. The van der Waals surface area contributed by atoms with Gasteiger partial charge in [0.15, 0.2) is 11.6 Å². The third-order valence-corrected chi connectivity index (χ3v) is 10.1. The number of nitrogens with zero attached hydrogens (tertiary/aromatic N) is 4. The predicted octanol–water partition coefficient (Wildman–Crippen LogP) is 9.64. The molecule has 0 atom stereocenters. The number of carbonyl (C=O) groups excluding carboxylic acids is 4. The van der Waals surface area contributed by atoms with E-state index in [9.17, 15) is 19.2 Å². The maximum Gasteiger partial charge on any atom is 0.358 e. The van der Waals surface area contributed by atoms with Gasteiger partial charge in [-0.15, -0.1) is 0 Å². The van der Waals surface area contributed by atoms with Gasteiger partial charge in [-0.05, 0) is 86.7 Å². The van der Waals surface area contributed by atoms with Crippen molar-refractivity contribution in [3.8, 4) is 0 Å². The second-order valence-electron chi connectivity index (χ2n) is 13.2. The molecule has 0 bridgehead atoms. The van der Waals surface area contributed by atoms with Crippen molar-refractivity contribution < 1.29 is 28.9 Å². The highest BCUT2D eigenvalue weighted by Crippen LogP contribution is 2.33. The molecule has 2 aromatic heterocycles. The average molecular weight is 767 g/mol. The van der Waals surface area contributed by atoms with Gasteiger partial charge >= 0.3 is 11.9 Å². The monoisotopic (exact) mass is 766 g/mol. The van der Waals surface area contributed by atoms with E-state index >= 15 is 0 Å². The van der Waals surface area contributed by atoms with Crippen molar-refractivity contribution in [1.82, 2.24) is 9.13 Å². The van der Waals surface area contributed by atoms with Crippen LogP contribution in [0.2, 0.25) is 0 Å². The fourth-order valence-electron chi connectivity index (χ4n) is 7.28. The molecule has 0 saturated heterocycles. The van der Waals surface area contributed by atoms with Crippen molar-refractivity contribution in [3.63, 3.8) is 0 Å². The number of rotatable bonds is 14. The van der Waals surface area contributed by atoms with Crippen LogP contribution in [-0.2, 0) is 32.4 Å². The molecule has 10 heteroatoms. The number of hydrogen-bond acceptors (Lipinski definition) is 8. The predicted molar refractivity (Wildman–Crippen MR) is 230 cm³/mol. The normalized spacial score (nSPS) is 11.8. The maximum absolute atomic E-state index is 13.9. The minimum atomic E-state index is -0.682. The summed E-state index contributed by atoms with van der Waals surface area (Å²) in [6, 6.07) is 29.5. The Morgan fingerprint density at radius 1 is 0.466 bits per heavy atom. The van der Waals surface area contributed by atoms with Crippen LogP contribution in [0.4, 0.5) is 0 Å². The van der Waals surface area contributed by atoms with E-state index in [0.29, 0.717) is 57.9 Å². The molecule has 58 heavy (non-hydrogen) atoms. The zero-order valence-electron chi connectivity index (χ0n) is 32.0. The van der Waals surface area contributed by atoms with E-state index < -0.39 is 11.9 Å². The molecule has 0 spiro atoms. The number of carbonyl (C=O) groups is 4. The zero-order valence-corrected chi connectivity index (χ0v) is 32.0. The summed E-state index contributed by atoms with van der Waals surface area (Å²) in [7, 11) is 0. The maximum atomic E-state index is 13.9. The molecule has 7 rings (SSSR count). The Morgan fingerprint density at radius 2 is 0.759 bits per heavy atom. The molecular formula is C48H38N4O6. The van der Waals surface area contributed by atoms with Crippen molar-refractivity contribution in [2.45, 2.75) is 26.9 Å². The highest BCUT2D eigenvalue weighted by molar-refractivity contribution is 6.19. The summed E-state index contributed by atoms with van der Waals surface area (Å²) in [4.78, 5) is 60.9. The second kappa shape index (κ2) is 16.2. The standard InChI is InChI=1S/C48H38N4O6/c1-7-39(49-57-45(53)9-3)31-17-21-41-35(25-31)37-27-33(19-23-43(37)51(41)11-5)47(55)29-13-15-30(16-14-29)48(56)34-20-24-44-38(28-34)36-26-32(18-22-42(36)52(44)12-6)40(8-2)50-58-46(54)10-4/h7-10,13-28H,1-4,11-12H2,5-6H3/b49-39+,50-40+. The molecular weight excluding hydrogens is 729 g/mol. The van der Waals surface area contributed by atoms with Crippen molar-refractivity contribution in [2.75, 3.05) is 0 Å². The van der Waals surface area contributed by atoms with Gasteiger partial charge in [0.25, 0.3) is 0 Å². The molecule has 5 aromatic carbocycles. The first kappa shape index (κ1) is 38.6. The summed E-state index contributed by atoms with van der Waals surface area (Å²) in [6.07, 6.45) is 5.07. The number of aromatic nitrogens is 2. The van der Waals surface area contributed by atoms with E-state index in [2.05, 4.69) is 59.6 Å². The number of oxime groups is 2. The molecule has 0 fully saturated rings. The van der Waals surface area contributed by atoms with E-state index in [-0.39, 0.29) is 11.6 Å². The number of hydrogen-bond donors (Lipinski definition) is 0. The van der Waals surface area contributed by atoms with Crippen LogP contribution in [0, 0.1) is 0 Å². The van der Waals surface area contributed by atoms with Crippen LogP contribution in [0.3, 0.4) is 0 Å². The summed E-state index contributed by atoms with van der Waals surface area (Å²) in [5.74, 6) is -1.74. The summed E-state index contributed by atoms with van der Waals surface area (Å²) < 4.78 is 4.33. The van der Waals surface area contributed by atoms with Gasteiger partial charge in [0.1, 0.15) is 11.4 Å². The molecule has 286 valence electrons. The van der Waals surface area contributed by atoms with Crippen molar-refractivity contribution in [1.29, 1.82) is 0 Å². The third-order valence-electron chi connectivity index (χ3n) is 10.1. The van der Waals surface area contributed by atoms with Crippen LogP contribution in [0.5, 0.6) is 0 Å². The van der Waals surface area contributed by atoms with Gasteiger partial charge < -0.3 is 18.8 Å². The Morgan fingerprint density at radius 3 is 1.05 bits per heavy atom. The second-order valence-corrected chi connectivity index (χ2v) is 13.2. The smallest absolute Gasteiger partial charge is 0.341 e. The highest BCUT2D eigenvalue weighted by Gasteiger charge is 2.19. The van der Waals surface area contributed by atoms with Gasteiger partial charge in [-0.2, -0.15) is 0 Å². The summed E-state index contributed by atoms with van der Waals surface area (Å²) in [6.45, 7) is 20.0. The van der Waals surface area contributed by atoms with Crippen molar-refractivity contribution in [3.05, 3.63) is 181 Å². The van der Waals surface area contributed by atoms with Crippen LogP contribution in [0.15, 0.2) is 158 Å². The van der Waals surface area contributed by atoms with E-state index in [1.165, 1.54) is 12.2 Å². The summed E-state index contributed by atoms with van der Waals surface area (Å²) >= 11 is 0. The van der Waals surface area contributed by atoms with E-state index in [4.69, 9.17) is 9.68 Å². The van der Waals surface area contributed by atoms with Crippen molar-refractivity contribution >= 4 is 78.5 Å². The Labute approximate surface area is 333 Å². The number of benzene rings is 5. The quantitative estimate of drug-likeness (QED) is 0.0357. The first-order chi connectivity index (χ1) is 28.1. The molecule has 0 aliphatic carbocycles. The third kappa shape index (κ3) is 6.99. The SMILES string of the molecule is C=CC(=O)O/N=C(\C=C)c1ccc2c(c1)c1cc(C(=O)c3ccc(C(=O)c4ccc5c(c4)c4cc(/C(C=C)=N/OC(=O)C=C)ccc4n5CC)cc3)ccc1n2CC. The topological polar surface area (TPSA) is 121 Å². The summed E-state index contributed by atoms with van der Waals surface area (Å²) in [5.41, 5.74) is 7.84. The number of ketones is 2. The lowest BCUT2D eigenvalue weighted by Crippen LogP contribution is -2.05. The van der Waals surface area contributed by atoms with Gasteiger partial charge in [0.05, 0.1) is 0 Å². The van der Waals surface area contributed by atoms with E-state index in [1.807, 2.05) is 72.8 Å². The van der Waals surface area contributed by atoms with Crippen LogP contribution in [-0.4, -0.2) is 44.1 Å². The summed E-state index contributed by atoms with van der Waals surface area (Å²) in [5, 5.41) is 11.4. The molecule has 0 saturated carbocycles. The number of allylic oxidation sites excluding steroid dienone is 2. The van der Waals surface area contributed by atoms with Crippen LogP contribution >= 0.6 is 0 Å². The van der Waals surface area contributed by atoms with Crippen LogP contribution < -0.4 is 0 Å². The van der Waals surface area contributed by atoms with E-state index in [1.54, 1.807) is 24.3 Å². The zero-order chi connectivity index (χ0) is 41.1. The molecule has 0 N–H and O–H groups in total. The Bertz CT molecular complexity index is 2760. The minimum Gasteiger partial charge on any atom is -0.341 e. The van der Waals surface area contributed by atoms with Gasteiger partial charge in [0.2, 0.25) is 0 Å². The Hall–Kier alpha value is -7.72. The number of fused-ring (bicyclic) bond motifs is 6. The lowest BCUT2D eigenvalue weighted by atomic mass is 9.97.